The summed E-state index contributed by atoms with van der Waals surface area (Å²) in [6, 6.07) is 11.9. The molecule has 2 aromatic carbocycles. The van der Waals surface area contributed by atoms with Gasteiger partial charge >= 0.3 is 0 Å². The molecule has 5 nitrogen and oxygen atoms in total. The van der Waals surface area contributed by atoms with Gasteiger partial charge in [-0.15, -0.1) is 0 Å². The fraction of sp³-hybridized carbons (Fsp3) is 0.308. The maximum atomic E-state index is 12.6. The Hall–Kier alpha value is -2.99. The summed E-state index contributed by atoms with van der Waals surface area (Å²) in [7, 11) is 1.63. The first kappa shape index (κ1) is 22.2. The first-order valence-corrected chi connectivity index (χ1v) is 11.6. The lowest BCUT2D eigenvalue weighted by Crippen LogP contribution is -2.44. The number of anilines is 1. The van der Waals surface area contributed by atoms with Crippen LogP contribution in [0.25, 0.3) is 11.6 Å². The molecular weight excluding hydrogens is 418 g/mol. The largest absolute Gasteiger partial charge is 0.497 e. The van der Waals surface area contributed by atoms with Crippen molar-refractivity contribution in [2.24, 2.45) is 4.99 Å². The number of fused-ring (bicyclic) bond motifs is 1. The predicted octanol–water partition coefficient (Wildman–Crippen LogP) is 5.92. The molecule has 32 heavy (non-hydrogen) atoms. The zero-order valence-corrected chi connectivity index (χ0v) is 20.3. The summed E-state index contributed by atoms with van der Waals surface area (Å²) in [5.74, 6) is 0.651. The Morgan fingerprint density at radius 3 is 2.56 bits per heavy atom. The second kappa shape index (κ2) is 8.51. The van der Waals surface area contributed by atoms with Gasteiger partial charge in [-0.3, -0.25) is 4.79 Å². The third-order valence-corrected chi connectivity index (χ3v) is 6.83. The van der Waals surface area contributed by atoms with Crippen molar-refractivity contribution < 1.29 is 9.53 Å². The Morgan fingerprint density at radius 1 is 1.19 bits per heavy atom. The lowest BCUT2D eigenvalue weighted by atomic mass is 9.87. The molecule has 1 amide bonds. The highest BCUT2D eigenvalue weighted by Gasteiger charge is 2.31. The molecule has 166 valence electrons. The maximum Gasteiger partial charge on any atom is 0.264 e. The average Bonchev–Trinajstić information content (AvgIpc) is 3.08. The van der Waals surface area contributed by atoms with Gasteiger partial charge in [-0.1, -0.05) is 6.08 Å². The van der Waals surface area contributed by atoms with Crippen LogP contribution in [-0.4, -0.2) is 30.3 Å². The third-order valence-electron chi connectivity index (χ3n) is 5.92. The fourth-order valence-corrected chi connectivity index (χ4v) is 5.21. The van der Waals surface area contributed by atoms with Crippen LogP contribution in [0.2, 0.25) is 0 Å². The molecule has 2 aliphatic rings. The second-order valence-corrected chi connectivity index (χ2v) is 9.66. The fourth-order valence-electron chi connectivity index (χ4n) is 4.37. The molecule has 0 aliphatic carbocycles. The zero-order chi connectivity index (χ0) is 23.0. The van der Waals surface area contributed by atoms with Crippen molar-refractivity contribution in [3.05, 3.63) is 64.1 Å². The van der Waals surface area contributed by atoms with Crippen LogP contribution in [0.15, 0.2) is 52.4 Å². The molecule has 0 radical (unpaired) electrons. The minimum absolute atomic E-state index is 0.0216. The zero-order valence-electron chi connectivity index (χ0n) is 19.4. The summed E-state index contributed by atoms with van der Waals surface area (Å²) in [5, 5.41) is 3.45. The number of methoxy groups -OCH3 is 1. The van der Waals surface area contributed by atoms with Crippen LogP contribution in [0.4, 0.5) is 11.4 Å². The summed E-state index contributed by atoms with van der Waals surface area (Å²) in [6.07, 6.45) is 4.29. The molecule has 1 saturated heterocycles. The number of aliphatic imine (C=N–C) groups is 1. The first-order chi connectivity index (χ1) is 15.2. The summed E-state index contributed by atoms with van der Waals surface area (Å²) in [6.45, 7) is 11.9. The molecule has 2 heterocycles. The van der Waals surface area contributed by atoms with E-state index in [0.29, 0.717) is 10.1 Å². The number of hydrogen-bond acceptors (Lipinski definition) is 5. The van der Waals surface area contributed by atoms with Gasteiger partial charge in [0.1, 0.15) is 5.75 Å². The number of carbonyl (C=O) groups is 1. The topological polar surface area (TPSA) is 53.9 Å². The molecule has 0 spiro atoms. The normalized spacial score (nSPS) is 19.8. The Morgan fingerprint density at radius 2 is 1.91 bits per heavy atom. The highest BCUT2D eigenvalue weighted by Crippen LogP contribution is 2.41. The van der Waals surface area contributed by atoms with Gasteiger partial charge in [0.15, 0.2) is 5.17 Å². The van der Waals surface area contributed by atoms with E-state index in [0.717, 1.165) is 29.1 Å². The minimum Gasteiger partial charge on any atom is -0.497 e. The number of amidine groups is 1. The number of rotatable bonds is 4. The van der Waals surface area contributed by atoms with Gasteiger partial charge < -0.3 is 15.0 Å². The molecule has 0 saturated carbocycles. The molecule has 1 N–H and O–H groups in total. The maximum absolute atomic E-state index is 12.6. The van der Waals surface area contributed by atoms with Crippen LogP contribution >= 0.6 is 11.8 Å². The summed E-state index contributed by atoms with van der Waals surface area (Å²) in [5.41, 5.74) is 6.68. The van der Waals surface area contributed by atoms with Gasteiger partial charge in [-0.25, -0.2) is 4.99 Å². The number of benzene rings is 2. The lowest BCUT2D eigenvalue weighted by Gasteiger charge is -2.43. The molecule has 6 heteroatoms. The highest BCUT2D eigenvalue weighted by atomic mass is 32.2. The van der Waals surface area contributed by atoms with E-state index in [9.17, 15) is 4.79 Å². The van der Waals surface area contributed by atoms with E-state index in [1.807, 2.05) is 30.3 Å². The summed E-state index contributed by atoms with van der Waals surface area (Å²) < 4.78 is 5.18. The number of nitrogens with one attached hydrogen (secondary N) is 1. The minimum atomic E-state index is -0.122. The molecule has 0 unspecified atom stereocenters. The van der Waals surface area contributed by atoms with Crippen LogP contribution < -0.4 is 15.0 Å². The molecule has 0 aromatic heterocycles. The number of ether oxygens (including phenoxy) is 1. The number of nitrogens with zero attached hydrogens (tertiary/aromatic N) is 2. The number of likely N-dealkylation sites (N-methyl/N-ethyl adjacent to an activating group) is 1. The predicted molar refractivity (Wildman–Crippen MR) is 136 cm³/mol. The van der Waals surface area contributed by atoms with Crippen molar-refractivity contribution in [2.75, 3.05) is 18.6 Å². The third kappa shape index (κ3) is 4.19. The second-order valence-electron chi connectivity index (χ2n) is 8.63. The standard InChI is InChI=1S/C26H29N3O2S/c1-7-29-22-12-16(2)18(13-21(22)17(3)15-26(29,4)5)14-23-24(30)28-25(32-23)27-19-8-10-20(31-6)11-9-19/h8-15H,7H2,1-6H3,(H,27,28,30)/b23-14+. The first-order valence-electron chi connectivity index (χ1n) is 10.8. The van der Waals surface area contributed by atoms with Gasteiger partial charge in [-0.05, 0) is 106 Å². The van der Waals surface area contributed by atoms with Gasteiger partial charge in [0.2, 0.25) is 0 Å². The van der Waals surface area contributed by atoms with Crippen LogP contribution in [0, 0.1) is 6.92 Å². The van der Waals surface area contributed by atoms with Crippen LogP contribution in [0.1, 0.15) is 44.4 Å². The van der Waals surface area contributed by atoms with Gasteiger partial charge in [-0.2, -0.15) is 0 Å². The van der Waals surface area contributed by atoms with Crippen molar-refractivity contribution in [3.8, 4) is 5.75 Å². The van der Waals surface area contributed by atoms with E-state index in [1.165, 1.54) is 28.6 Å². The molecule has 2 aromatic rings. The lowest BCUT2D eigenvalue weighted by molar-refractivity contribution is -0.115. The van der Waals surface area contributed by atoms with Crippen LogP contribution in [-0.2, 0) is 4.79 Å². The molecule has 2 aliphatic heterocycles. The number of thioether (sulfide) groups is 1. The molecule has 1 fully saturated rings. The van der Waals surface area contributed by atoms with Crippen molar-refractivity contribution in [3.63, 3.8) is 0 Å². The van der Waals surface area contributed by atoms with E-state index in [1.54, 1.807) is 7.11 Å². The molecular formula is C26H29N3O2S. The van der Waals surface area contributed by atoms with Crippen LogP contribution in [0.5, 0.6) is 5.75 Å². The van der Waals surface area contributed by atoms with Crippen molar-refractivity contribution in [1.29, 1.82) is 0 Å². The number of carbonyl (C=O) groups excluding carboxylic acids is 1. The Bertz CT molecular complexity index is 1160. The van der Waals surface area contributed by atoms with Gasteiger partial charge in [0, 0.05) is 17.8 Å². The quantitative estimate of drug-likeness (QED) is 0.592. The van der Waals surface area contributed by atoms with E-state index in [2.05, 4.69) is 68.0 Å². The Kier molecular flexibility index (Phi) is 5.91. The monoisotopic (exact) mass is 447 g/mol. The average molecular weight is 448 g/mol. The number of aryl methyl sites for hydroxylation is 1. The number of hydrogen-bond donors (Lipinski definition) is 1. The SMILES string of the molecule is CCN1c2cc(C)c(/C=C3/SC(=Nc4ccc(OC)cc4)NC3=O)cc2C(C)=CC1(C)C. The van der Waals surface area contributed by atoms with Crippen molar-refractivity contribution in [1.82, 2.24) is 5.32 Å². The van der Waals surface area contributed by atoms with E-state index >= 15 is 0 Å². The van der Waals surface area contributed by atoms with Crippen LogP contribution in [0.3, 0.4) is 0 Å². The Balaban J connectivity index is 1.65. The molecule has 4 rings (SSSR count). The summed E-state index contributed by atoms with van der Waals surface area (Å²) >= 11 is 1.36. The summed E-state index contributed by atoms with van der Waals surface area (Å²) in [4.78, 5) is 20.2. The molecule has 0 atom stereocenters. The van der Waals surface area contributed by atoms with Crippen molar-refractivity contribution in [2.45, 2.75) is 40.2 Å². The van der Waals surface area contributed by atoms with E-state index in [-0.39, 0.29) is 11.4 Å². The van der Waals surface area contributed by atoms with Gasteiger partial charge in [0.25, 0.3) is 5.91 Å². The van der Waals surface area contributed by atoms with E-state index < -0.39 is 0 Å². The van der Waals surface area contributed by atoms with E-state index in [4.69, 9.17) is 4.74 Å². The smallest absolute Gasteiger partial charge is 0.264 e. The number of amides is 1. The highest BCUT2D eigenvalue weighted by molar-refractivity contribution is 8.18. The number of allylic oxidation sites excluding steroid dienone is 1. The van der Waals surface area contributed by atoms with Gasteiger partial charge in [0.05, 0.1) is 23.2 Å². The molecule has 0 bridgehead atoms. The Labute approximate surface area is 194 Å². The van der Waals surface area contributed by atoms with Crippen molar-refractivity contribution >= 4 is 45.9 Å².